The molecule has 0 spiro atoms. The first-order valence-electron chi connectivity index (χ1n) is 11.9. The third-order valence-corrected chi connectivity index (χ3v) is 6.93. The van der Waals surface area contributed by atoms with E-state index < -0.39 is 25.3 Å². The summed E-state index contributed by atoms with van der Waals surface area (Å²) in [6, 6.07) is 3.19. The highest BCUT2D eigenvalue weighted by Gasteiger charge is 2.40. The second-order valence-electron chi connectivity index (χ2n) is 10.3. The average molecular weight is 519 g/mol. The summed E-state index contributed by atoms with van der Waals surface area (Å²) in [7, 11) is 0. The first-order chi connectivity index (χ1) is 17.5. The topological polar surface area (TPSA) is 109 Å². The van der Waals surface area contributed by atoms with Gasteiger partial charge in [0.25, 0.3) is 6.43 Å². The molecule has 9 nitrogen and oxygen atoms in total. The Morgan fingerprint density at radius 3 is 2.65 bits per heavy atom. The van der Waals surface area contributed by atoms with Crippen molar-refractivity contribution in [2.45, 2.75) is 65.1 Å². The van der Waals surface area contributed by atoms with Crippen molar-refractivity contribution >= 4 is 11.6 Å². The maximum Gasteiger partial charge on any atom is 0.407 e. The number of likely N-dealkylation sites (tertiary alicyclic amines) is 1. The second-order valence-corrected chi connectivity index (χ2v) is 10.3. The monoisotopic (exact) mass is 518 g/mol. The Bertz CT molecular complexity index is 1340. The van der Waals surface area contributed by atoms with Gasteiger partial charge in [-0.15, -0.1) is 0 Å². The molecular formula is C25H29F3N6O3. The van der Waals surface area contributed by atoms with Gasteiger partial charge in [0, 0.05) is 35.6 Å². The number of hydrogen-bond acceptors (Lipinski definition) is 5. The van der Waals surface area contributed by atoms with Crippen molar-refractivity contribution < 1.29 is 27.8 Å². The Kier molecular flexibility index (Phi) is 7.08. The predicted molar refractivity (Wildman–Crippen MR) is 129 cm³/mol. The van der Waals surface area contributed by atoms with Crippen LogP contribution >= 0.6 is 0 Å². The van der Waals surface area contributed by atoms with E-state index in [0.717, 1.165) is 5.69 Å². The number of carboxylic acid groups (broad SMARTS) is 1. The number of nitrogens with zero attached hydrogens (tertiary/aromatic N) is 6. The fourth-order valence-corrected chi connectivity index (χ4v) is 5.01. The number of halogens is 3. The van der Waals surface area contributed by atoms with Gasteiger partial charge in [0.05, 0.1) is 18.4 Å². The quantitative estimate of drug-likeness (QED) is 0.487. The summed E-state index contributed by atoms with van der Waals surface area (Å²) in [5.41, 5.74) is 2.02. The van der Waals surface area contributed by atoms with Crippen molar-refractivity contribution in [1.82, 2.24) is 24.3 Å². The summed E-state index contributed by atoms with van der Waals surface area (Å²) in [4.78, 5) is 13.3. The lowest BCUT2D eigenvalue weighted by Gasteiger charge is -2.44. The standard InChI is InChI=1S/C25H29F3N6O3/c1-14-18(12-31-34(14)17-5-6-32(24(35)36)21(8-17)25(2,3)4)15-7-19(37-20(9-26)23(27)28)22-16(10-29)11-30-33(22)13-15/h7,11-13,17,20-21,23H,5-6,8-9H2,1-4H3,(H,35,36)/t17?,20-,21?/m0/s1. The maximum absolute atomic E-state index is 13.3. The van der Waals surface area contributed by atoms with E-state index in [-0.39, 0.29) is 34.3 Å². The van der Waals surface area contributed by atoms with E-state index in [1.165, 1.54) is 21.7 Å². The first kappa shape index (κ1) is 26.3. The summed E-state index contributed by atoms with van der Waals surface area (Å²) < 4.78 is 48.3. The Balaban J connectivity index is 1.73. The molecule has 0 aromatic carbocycles. The SMILES string of the molecule is Cc1c(-c2cc(O[C@@H](CF)C(F)F)c3c(C#N)cnn3c2)cnn1C1CCN(C(=O)O)C(C(C)(C)C)C1. The van der Waals surface area contributed by atoms with Crippen molar-refractivity contribution in [3.05, 3.63) is 35.9 Å². The molecule has 198 valence electrons. The second kappa shape index (κ2) is 9.95. The first-order valence-corrected chi connectivity index (χ1v) is 11.9. The lowest BCUT2D eigenvalue weighted by molar-refractivity contribution is -0.000546. The third kappa shape index (κ3) is 4.95. The van der Waals surface area contributed by atoms with Crippen LogP contribution in [0.4, 0.5) is 18.0 Å². The van der Waals surface area contributed by atoms with E-state index in [9.17, 15) is 28.3 Å². The van der Waals surface area contributed by atoms with E-state index in [1.807, 2.05) is 38.4 Å². The maximum atomic E-state index is 13.3. The van der Waals surface area contributed by atoms with Crippen LogP contribution in [-0.4, -0.2) is 67.3 Å². The van der Waals surface area contributed by atoms with Crippen LogP contribution in [-0.2, 0) is 0 Å². The molecule has 1 saturated heterocycles. The molecule has 1 amide bonds. The zero-order chi connectivity index (χ0) is 27.1. The highest BCUT2D eigenvalue weighted by molar-refractivity contribution is 5.76. The number of alkyl halides is 3. The summed E-state index contributed by atoms with van der Waals surface area (Å²) >= 11 is 0. The van der Waals surface area contributed by atoms with Crippen LogP contribution in [0, 0.1) is 23.7 Å². The predicted octanol–water partition coefficient (Wildman–Crippen LogP) is 5.09. The molecule has 0 aliphatic carbocycles. The van der Waals surface area contributed by atoms with Crippen LogP contribution in [0.2, 0.25) is 0 Å². The van der Waals surface area contributed by atoms with Gasteiger partial charge in [-0.3, -0.25) is 4.68 Å². The van der Waals surface area contributed by atoms with Gasteiger partial charge in [0.2, 0.25) is 0 Å². The van der Waals surface area contributed by atoms with Crippen molar-refractivity contribution in [3.8, 4) is 22.9 Å². The summed E-state index contributed by atoms with van der Waals surface area (Å²) in [6.45, 7) is 6.89. The molecule has 3 aromatic heterocycles. The number of fused-ring (bicyclic) bond motifs is 1. The molecule has 3 atom stereocenters. The molecule has 3 aromatic rings. The molecule has 0 bridgehead atoms. The summed E-state index contributed by atoms with van der Waals surface area (Å²) in [6.07, 6.45) is -0.244. The largest absolute Gasteiger partial charge is 0.479 e. The van der Waals surface area contributed by atoms with Crippen LogP contribution < -0.4 is 4.74 Å². The molecular weight excluding hydrogens is 489 g/mol. The van der Waals surface area contributed by atoms with E-state index in [0.29, 0.717) is 30.5 Å². The lowest BCUT2D eigenvalue weighted by Crippen LogP contribution is -2.52. The number of aromatic nitrogens is 4. The fourth-order valence-electron chi connectivity index (χ4n) is 5.01. The van der Waals surface area contributed by atoms with E-state index in [2.05, 4.69) is 10.2 Å². The van der Waals surface area contributed by atoms with Gasteiger partial charge in [0.1, 0.15) is 29.6 Å². The molecule has 1 N–H and O–H groups in total. The van der Waals surface area contributed by atoms with Gasteiger partial charge in [0.15, 0.2) is 6.10 Å². The third-order valence-electron chi connectivity index (χ3n) is 6.93. The molecule has 4 heterocycles. The van der Waals surface area contributed by atoms with Crippen LogP contribution in [0.15, 0.2) is 24.7 Å². The van der Waals surface area contributed by atoms with Gasteiger partial charge in [-0.25, -0.2) is 22.5 Å². The number of pyridine rings is 1. The molecule has 0 saturated carbocycles. The van der Waals surface area contributed by atoms with Crippen LogP contribution in [0.25, 0.3) is 16.6 Å². The summed E-state index contributed by atoms with van der Waals surface area (Å²) in [5, 5.41) is 27.8. The highest BCUT2D eigenvalue weighted by atomic mass is 19.3. The van der Waals surface area contributed by atoms with Gasteiger partial charge in [-0.05, 0) is 31.2 Å². The van der Waals surface area contributed by atoms with Crippen LogP contribution in [0.3, 0.4) is 0 Å². The van der Waals surface area contributed by atoms with E-state index >= 15 is 0 Å². The van der Waals surface area contributed by atoms with Gasteiger partial charge >= 0.3 is 6.09 Å². The molecule has 2 unspecified atom stereocenters. The fraction of sp³-hybridized carbons (Fsp3) is 0.520. The molecule has 12 heteroatoms. The average Bonchev–Trinajstić information content (AvgIpc) is 3.44. The minimum absolute atomic E-state index is 0.0438. The zero-order valence-corrected chi connectivity index (χ0v) is 21.0. The highest BCUT2D eigenvalue weighted by Crippen LogP contribution is 2.39. The number of nitriles is 1. The minimum Gasteiger partial charge on any atom is -0.479 e. The normalized spacial score (nSPS) is 19.3. The smallest absolute Gasteiger partial charge is 0.407 e. The van der Waals surface area contributed by atoms with E-state index in [1.54, 1.807) is 12.4 Å². The summed E-state index contributed by atoms with van der Waals surface area (Å²) in [5.74, 6) is -0.0794. The molecule has 1 aliphatic heterocycles. The zero-order valence-electron chi connectivity index (χ0n) is 21.0. The van der Waals surface area contributed by atoms with E-state index in [4.69, 9.17) is 4.74 Å². The van der Waals surface area contributed by atoms with Gasteiger partial charge in [-0.1, -0.05) is 20.8 Å². The molecule has 4 rings (SSSR count). The number of piperidine rings is 1. The Morgan fingerprint density at radius 2 is 2.05 bits per heavy atom. The van der Waals surface area contributed by atoms with Crippen LogP contribution in [0.5, 0.6) is 5.75 Å². The Labute approximate surface area is 212 Å². The lowest BCUT2D eigenvalue weighted by atomic mass is 9.79. The Morgan fingerprint density at radius 1 is 1.32 bits per heavy atom. The number of ether oxygens (including phenoxy) is 1. The van der Waals surface area contributed by atoms with Crippen molar-refractivity contribution in [2.75, 3.05) is 13.2 Å². The van der Waals surface area contributed by atoms with Gasteiger partial charge in [-0.2, -0.15) is 15.5 Å². The number of carbonyl (C=O) groups is 1. The Hall–Kier alpha value is -3.75. The number of amides is 1. The molecule has 1 fully saturated rings. The molecule has 0 radical (unpaired) electrons. The van der Waals surface area contributed by atoms with Crippen molar-refractivity contribution in [3.63, 3.8) is 0 Å². The molecule has 1 aliphatic rings. The van der Waals surface area contributed by atoms with Crippen molar-refractivity contribution in [1.29, 1.82) is 5.26 Å². The molecule has 37 heavy (non-hydrogen) atoms. The van der Waals surface area contributed by atoms with Crippen molar-refractivity contribution in [2.24, 2.45) is 5.41 Å². The van der Waals surface area contributed by atoms with Crippen LogP contribution in [0.1, 0.15) is 50.9 Å². The number of rotatable bonds is 6. The minimum atomic E-state index is -3.06. The van der Waals surface area contributed by atoms with Gasteiger partial charge < -0.3 is 14.7 Å². The number of hydrogen-bond donors (Lipinski definition) is 1.